The lowest BCUT2D eigenvalue weighted by atomic mass is 9.72. The minimum atomic E-state index is -2.00. The first kappa shape index (κ1) is 63.9. The molecule has 22 nitrogen and oxygen atoms in total. The lowest BCUT2D eigenvalue weighted by Gasteiger charge is -2.42. The van der Waals surface area contributed by atoms with Crippen molar-refractivity contribution in [1.82, 2.24) is 5.64 Å². The second-order valence-corrected chi connectivity index (χ2v) is 14.1. The van der Waals surface area contributed by atoms with Crippen LogP contribution in [-0.2, 0) is 60.9 Å². The highest BCUT2D eigenvalue weighted by Crippen LogP contribution is 2.52. The molecule has 0 radical (unpaired) electrons. The van der Waals surface area contributed by atoms with Gasteiger partial charge < -0.3 is 40.4 Å². The summed E-state index contributed by atoms with van der Waals surface area (Å²) in [6, 6.07) is 3.75. The number of benzene rings is 2. The number of terminal acetylenes is 1. The fourth-order valence-corrected chi connectivity index (χ4v) is 6.51. The van der Waals surface area contributed by atoms with Crippen molar-refractivity contribution in [2.45, 2.75) is 76.3 Å². The third kappa shape index (κ3) is 19.9. The Bertz CT molecular complexity index is 3420. The normalized spacial score (nSPS) is 17.8. The van der Waals surface area contributed by atoms with Crippen LogP contribution in [0, 0.1) is 154 Å². The number of hydrogen-bond donors (Lipinski definition) is 8. The molecule has 0 spiro atoms. The van der Waals surface area contributed by atoms with E-state index >= 15 is 0 Å². The van der Waals surface area contributed by atoms with E-state index in [-0.39, 0.29) is 70.4 Å². The Morgan fingerprint density at radius 2 is 1.22 bits per heavy atom. The van der Waals surface area contributed by atoms with Gasteiger partial charge in [0.15, 0.2) is 17.9 Å². The van der Waals surface area contributed by atoms with E-state index in [0.29, 0.717) is 0 Å². The molecule has 1 saturated heterocycles. The standard InChI is InChI=1S/C27H29NO10.C27H4.ClH.H3NO10.12H2/c1-10-22(30)14(28)7-17(37-10)38-16-9-27(35,11(2)29)8-13-19(16)26(34)21-20(24(13)32)23(31)12-5-4-6-15(36-3)18(12)25(21)33;1-3-5-7-9-11-13-15-17-19-21-23-25-27-26-24-22-20-18-16-14-12-10-8-6-4-2;;2-6-10-8-4-1-5-9-11-7-3;;;;;;;;;;;;/h4-6,10,14,16-17,22,30,32,34-35H,7-9,28H2,1-3H3;1H,2H3;1H;1-3H;12*1H/t10-,14-,16+,17-,22+,27+;;;;;;;;;;;;;;;/m1.............../s1. The third-order valence-corrected chi connectivity index (χ3v) is 9.62. The summed E-state index contributed by atoms with van der Waals surface area (Å²) in [7, 11) is 1.34. The Kier molecular flexibility index (Phi) is 29.1. The van der Waals surface area contributed by atoms with E-state index in [4.69, 9.17) is 36.9 Å². The Labute approximate surface area is 464 Å². The summed E-state index contributed by atoms with van der Waals surface area (Å²) in [6.07, 6.45) is 0.382. The maximum absolute atomic E-state index is 13.6. The number of ketones is 3. The number of carbonyl (C=O) groups is 3. The Balaban J connectivity index is -0.000000119. The molecule has 2 aromatic carbocycles. The number of fused-ring (bicyclic) bond motifs is 3. The number of ether oxygens (including phenoxy) is 3. The first-order valence-electron chi connectivity index (χ1n) is 20.8. The SMILES string of the molecule is C#CC#CC#CC#CC#CC#CC#CC#CC#CC#CC#CC#CC#CC.COc1cccc2c1C(=O)c1c(O)c3c(c(O)c1C2=O)C[C@@](O)(C(C)=O)C[C@@H]3O[C@@H]1C[C@@H](N)[C@@H](O)[C@@H](C)O1.Cl.OOOOONOOOOO.[HH].[HH].[HH].[HH].[HH].[HH].[HH].[HH].[HH].[HH].[HH].[HH]. The number of aromatic hydroxyl groups is 2. The van der Waals surface area contributed by atoms with Gasteiger partial charge in [-0.25, -0.2) is 10.5 Å². The predicted molar refractivity (Wildman–Crippen MR) is 288 cm³/mol. The zero-order valence-electron chi connectivity index (χ0n) is 40.2. The molecule has 5 rings (SSSR count). The topological polar surface area (TPSA) is 312 Å². The molecule has 77 heavy (non-hydrogen) atoms. The Hall–Kier alpha value is -9.22. The number of phenolic OH excluding ortho intramolecular Hbond substituents is 2. The number of phenols is 2. The lowest BCUT2D eigenvalue weighted by Crippen LogP contribution is -2.52. The molecule has 0 unspecified atom stereocenters. The quantitative estimate of drug-likeness (QED) is 0.0417. The van der Waals surface area contributed by atoms with Gasteiger partial charge in [-0.2, -0.15) is 0 Å². The van der Waals surface area contributed by atoms with Crippen LogP contribution in [0.25, 0.3) is 0 Å². The van der Waals surface area contributed by atoms with Gasteiger partial charge in [0, 0.05) is 106 Å². The second-order valence-electron chi connectivity index (χ2n) is 14.1. The zero-order valence-corrected chi connectivity index (χ0v) is 41.0. The number of aliphatic hydroxyl groups excluding tert-OH is 1. The summed E-state index contributed by atoms with van der Waals surface area (Å²) in [5, 5.41) is 78.0. The van der Waals surface area contributed by atoms with Crippen LogP contribution in [-0.4, -0.2) is 85.5 Å². The molecule has 1 heterocycles. The largest absolute Gasteiger partial charge is 0.507 e. The summed E-state index contributed by atoms with van der Waals surface area (Å²) in [6.45, 7) is 4.48. The van der Waals surface area contributed by atoms with Gasteiger partial charge in [-0.1, -0.05) is 28.0 Å². The summed E-state index contributed by atoms with van der Waals surface area (Å²) in [4.78, 5) is 46.8. The van der Waals surface area contributed by atoms with Gasteiger partial charge in [-0.3, -0.25) is 14.4 Å². The molecule has 3 aliphatic rings. The van der Waals surface area contributed by atoms with Gasteiger partial charge >= 0.3 is 0 Å². The molecule has 0 saturated carbocycles. The highest BCUT2D eigenvalue weighted by molar-refractivity contribution is 6.31. The van der Waals surface area contributed by atoms with Crippen LogP contribution >= 0.6 is 12.4 Å². The van der Waals surface area contributed by atoms with E-state index in [1.165, 1.54) is 37.9 Å². The first-order valence-corrected chi connectivity index (χ1v) is 20.8. The van der Waals surface area contributed by atoms with E-state index in [0.717, 1.165) is 0 Å². The number of hydrogen-bond acceptors (Lipinski definition) is 22. The molecular formula is C54H61ClN2O20. The van der Waals surface area contributed by atoms with Gasteiger partial charge in [0.2, 0.25) is 5.78 Å². The van der Waals surface area contributed by atoms with Crippen LogP contribution in [0.3, 0.4) is 0 Å². The number of carbonyl (C=O) groups excluding carboxylic acids is 3. The highest BCUT2D eigenvalue weighted by Gasteiger charge is 2.49. The van der Waals surface area contributed by atoms with Crippen LogP contribution in [0.5, 0.6) is 17.2 Å². The molecule has 1 aliphatic heterocycles. The maximum Gasteiger partial charge on any atom is 0.202 e. The smallest absolute Gasteiger partial charge is 0.202 e. The minimum absolute atomic E-state index is 0. The van der Waals surface area contributed by atoms with E-state index in [2.05, 4.69) is 188 Å². The summed E-state index contributed by atoms with van der Waals surface area (Å²) in [5.41, 5.74) is 4.35. The molecular weight excluding hydrogens is 1030 g/mol. The predicted octanol–water partition coefficient (Wildman–Crippen LogP) is 4.06. The highest BCUT2D eigenvalue weighted by atomic mass is 35.5. The molecule has 2 aromatic rings. The minimum Gasteiger partial charge on any atom is -0.507 e. The molecule has 1 fully saturated rings. The third-order valence-electron chi connectivity index (χ3n) is 9.62. The number of aliphatic hydroxyl groups is 2. The average Bonchev–Trinajstić information content (AvgIpc) is 3.40. The fourth-order valence-electron chi connectivity index (χ4n) is 6.51. The van der Waals surface area contributed by atoms with Crippen LogP contribution < -0.4 is 16.1 Å². The summed E-state index contributed by atoms with van der Waals surface area (Å²) >= 11 is 0. The molecule has 0 amide bonds. The number of methoxy groups -OCH3 is 1. The van der Waals surface area contributed by atoms with Crippen molar-refractivity contribution in [2.75, 3.05) is 7.11 Å². The van der Waals surface area contributed by atoms with Crippen molar-refractivity contribution in [1.29, 1.82) is 0 Å². The summed E-state index contributed by atoms with van der Waals surface area (Å²) < 4.78 is 17.1. The van der Waals surface area contributed by atoms with Gasteiger partial charge in [0.1, 0.15) is 22.8 Å². The lowest BCUT2D eigenvalue weighted by molar-refractivity contribution is -0.758. The van der Waals surface area contributed by atoms with Crippen LogP contribution in [0.4, 0.5) is 0 Å². The van der Waals surface area contributed by atoms with Crippen molar-refractivity contribution in [2.24, 2.45) is 5.73 Å². The number of nitrogens with two attached hydrogens (primary N) is 1. The molecule has 0 bridgehead atoms. The first-order chi connectivity index (χ1) is 36.7. The molecule has 2 aliphatic carbocycles. The van der Waals surface area contributed by atoms with Crippen LogP contribution in [0.15, 0.2) is 18.2 Å². The molecule has 0 aromatic heterocycles. The monoisotopic (exact) mass is 1090 g/mol. The summed E-state index contributed by atoms with van der Waals surface area (Å²) in [5.74, 6) is 58.7. The van der Waals surface area contributed by atoms with Crippen molar-refractivity contribution in [3.8, 4) is 172 Å². The van der Waals surface area contributed by atoms with Crippen molar-refractivity contribution >= 4 is 29.8 Å². The number of nitrogens with one attached hydrogen (secondary N) is 1. The van der Waals surface area contributed by atoms with E-state index < -0.39 is 82.6 Å². The van der Waals surface area contributed by atoms with E-state index in [1.54, 1.807) is 13.8 Å². The van der Waals surface area contributed by atoms with Crippen molar-refractivity contribution < 1.29 is 117 Å². The Morgan fingerprint density at radius 3 is 1.65 bits per heavy atom. The van der Waals surface area contributed by atoms with Gasteiger partial charge in [0.25, 0.3) is 0 Å². The van der Waals surface area contributed by atoms with Crippen molar-refractivity contribution in [3.05, 3.63) is 51.6 Å². The maximum atomic E-state index is 13.6. The van der Waals surface area contributed by atoms with Crippen LogP contribution in [0.2, 0.25) is 0 Å². The molecule has 6 atom stereocenters. The van der Waals surface area contributed by atoms with Gasteiger partial charge in [-0.05, 0) is 157 Å². The average molecular weight is 1090 g/mol. The van der Waals surface area contributed by atoms with Gasteiger partial charge in [0.05, 0.1) is 42.1 Å². The van der Waals surface area contributed by atoms with Crippen LogP contribution in [0.1, 0.15) is 99.8 Å². The number of Topliss-reactive ketones (excluding diaryl/α,β-unsaturated/α-hetero) is 1. The number of rotatable bonds is 12. The Morgan fingerprint density at radius 1 is 0.753 bits per heavy atom. The zero-order chi connectivity index (χ0) is 55.7. The number of halogens is 1. The molecule has 9 N–H and O–H groups in total. The van der Waals surface area contributed by atoms with E-state index in [9.17, 15) is 34.8 Å². The van der Waals surface area contributed by atoms with E-state index in [1.807, 2.05) is 0 Å². The second kappa shape index (κ2) is 35.1. The molecule has 414 valence electrons. The van der Waals surface area contributed by atoms with Crippen molar-refractivity contribution in [3.63, 3.8) is 0 Å². The molecule has 23 heteroatoms. The fraction of sp³-hybridized carbons (Fsp3) is 0.241. The van der Waals surface area contributed by atoms with Gasteiger partial charge in [-0.15, -0.1) is 18.8 Å².